The van der Waals surface area contributed by atoms with E-state index in [0.717, 1.165) is 0 Å². The fraction of sp³-hybridized carbons (Fsp3) is 0.200. The second-order valence-corrected chi connectivity index (χ2v) is 3.15. The van der Waals surface area contributed by atoms with E-state index in [2.05, 4.69) is 10.1 Å². The number of hydrogen-bond donors (Lipinski definition) is 0. The van der Waals surface area contributed by atoms with Gasteiger partial charge in [-0.05, 0) is 26.0 Å². The molecule has 1 aromatic rings. The van der Waals surface area contributed by atoms with Crippen molar-refractivity contribution in [2.45, 2.75) is 13.8 Å². The molecule has 0 aliphatic rings. The van der Waals surface area contributed by atoms with E-state index < -0.39 is 4.92 Å². The van der Waals surface area contributed by atoms with Crippen molar-refractivity contribution in [3.05, 3.63) is 39.6 Å². The first-order valence-corrected chi connectivity index (χ1v) is 4.51. The van der Waals surface area contributed by atoms with Gasteiger partial charge in [-0.25, -0.2) is 0 Å². The third kappa shape index (κ3) is 2.88. The zero-order chi connectivity index (χ0) is 12.1. The zero-order valence-corrected chi connectivity index (χ0v) is 8.88. The maximum absolute atomic E-state index is 10.4. The summed E-state index contributed by atoms with van der Waals surface area (Å²) in [5.41, 5.74) is 1.33. The lowest BCUT2D eigenvalue weighted by atomic mass is 10.2. The second-order valence-electron chi connectivity index (χ2n) is 3.15. The van der Waals surface area contributed by atoms with Gasteiger partial charge in [0.15, 0.2) is 0 Å². The first kappa shape index (κ1) is 11.8. The molecule has 84 valence electrons. The summed E-state index contributed by atoms with van der Waals surface area (Å²) in [4.78, 5) is 14.0. The van der Waals surface area contributed by atoms with Crippen LogP contribution in [-0.4, -0.2) is 16.3 Å². The van der Waals surface area contributed by atoms with Crippen LogP contribution in [0.4, 0.5) is 11.4 Å². The Kier molecular flexibility index (Phi) is 3.71. The lowest BCUT2D eigenvalue weighted by Crippen LogP contribution is -2.03. The molecular weight excluding hydrogens is 210 g/mol. The maximum atomic E-state index is 10.4. The molecule has 6 nitrogen and oxygen atoms in total. The highest BCUT2D eigenvalue weighted by Gasteiger charge is 2.03. The summed E-state index contributed by atoms with van der Waals surface area (Å²) in [5.74, 6) is 0. The molecule has 0 spiro atoms. The fourth-order valence-corrected chi connectivity index (χ4v) is 0.989. The van der Waals surface area contributed by atoms with Crippen molar-refractivity contribution in [2.24, 2.45) is 10.1 Å². The highest BCUT2D eigenvalue weighted by molar-refractivity contribution is 6.41. The van der Waals surface area contributed by atoms with E-state index in [9.17, 15) is 15.3 Å². The van der Waals surface area contributed by atoms with E-state index in [1.165, 1.54) is 24.3 Å². The number of benzene rings is 1. The lowest BCUT2D eigenvalue weighted by Gasteiger charge is -2.02. The van der Waals surface area contributed by atoms with Crippen molar-refractivity contribution in [1.29, 1.82) is 0 Å². The Balaban J connectivity index is 2.95. The molecule has 0 saturated heterocycles. The molecule has 1 rings (SSSR count). The summed E-state index contributed by atoms with van der Waals surface area (Å²) < 4.78 is 0. The summed E-state index contributed by atoms with van der Waals surface area (Å²) in [6, 6.07) is 5.74. The fourth-order valence-electron chi connectivity index (χ4n) is 0.989. The van der Waals surface area contributed by atoms with Crippen molar-refractivity contribution in [3.8, 4) is 0 Å². The van der Waals surface area contributed by atoms with E-state index in [1.54, 1.807) is 13.8 Å². The van der Waals surface area contributed by atoms with Crippen LogP contribution in [0.2, 0.25) is 0 Å². The molecule has 6 heteroatoms. The average Bonchev–Trinajstić information content (AvgIpc) is 2.28. The Morgan fingerprint density at radius 1 is 1.19 bits per heavy atom. The number of rotatable bonds is 3. The summed E-state index contributed by atoms with van der Waals surface area (Å²) in [6.07, 6.45) is 0. The molecule has 0 amide bonds. The Morgan fingerprint density at radius 3 is 2.19 bits per heavy atom. The third-order valence-electron chi connectivity index (χ3n) is 2.02. The molecule has 0 aliphatic carbocycles. The molecule has 0 aromatic heterocycles. The highest BCUT2D eigenvalue weighted by atomic mass is 16.6. The molecule has 0 radical (unpaired) electrons. The molecule has 0 heterocycles. The van der Waals surface area contributed by atoms with Crippen LogP contribution in [-0.2, 0) is 0 Å². The number of hydrogen-bond acceptors (Lipinski definition) is 5. The van der Waals surface area contributed by atoms with Crippen molar-refractivity contribution >= 4 is 22.8 Å². The quantitative estimate of drug-likeness (QED) is 0.445. The number of aliphatic imine (C=N–C) groups is 1. The van der Waals surface area contributed by atoms with Crippen LogP contribution in [0.3, 0.4) is 0 Å². The smallest absolute Gasteiger partial charge is 0.269 e. The molecule has 0 N–H and O–H groups in total. The zero-order valence-electron chi connectivity index (χ0n) is 8.88. The molecule has 0 aliphatic heterocycles. The Labute approximate surface area is 92.1 Å². The van der Waals surface area contributed by atoms with E-state index in [-0.39, 0.29) is 5.69 Å². The minimum absolute atomic E-state index is 0.00539. The normalized spacial score (nSPS) is 12.6. The lowest BCUT2D eigenvalue weighted by molar-refractivity contribution is -0.384. The molecule has 0 unspecified atom stereocenters. The summed E-state index contributed by atoms with van der Waals surface area (Å²) in [5, 5.41) is 23.4. The molecule has 1 aromatic carbocycles. The second kappa shape index (κ2) is 5.01. The number of non-ortho nitro benzene ring substituents is 1. The van der Waals surface area contributed by atoms with Gasteiger partial charge < -0.3 is 10.4 Å². The summed E-state index contributed by atoms with van der Waals surface area (Å²) in [6.45, 7) is 3.20. The monoisotopic (exact) mass is 220 g/mol. The maximum Gasteiger partial charge on any atom is 0.269 e. The van der Waals surface area contributed by atoms with Crippen LogP contribution in [0.15, 0.2) is 34.4 Å². The van der Waals surface area contributed by atoms with Crippen LogP contribution in [0.25, 0.3) is 0 Å². The van der Waals surface area contributed by atoms with Crippen molar-refractivity contribution in [2.75, 3.05) is 0 Å². The molecule has 0 fully saturated rings. The first-order valence-electron chi connectivity index (χ1n) is 4.51. The number of nitro groups is 1. The summed E-state index contributed by atoms with van der Waals surface area (Å²) >= 11 is 0. The van der Waals surface area contributed by atoms with Gasteiger partial charge in [-0.15, -0.1) is 0 Å². The third-order valence-corrected chi connectivity index (χ3v) is 2.02. The van der Waals surface area contributed by atoms with E-state index in [4.69, 9.17) is 0 Å². The minimum atomic E-state index is -0.481. The van der Waals surface area contributed by atoms with Gasteiger partial charge in [0.25, 0.3) is 5.69 Å². The van der Waals surface area contributed by atoms with Crippen LogP contribution in [0.1, 0.15) is 13.8 Å². The Bertz CT molecular complexity index is 449. The average molecular weight is 220 g/mol. The topological polar surface area (TPSA) is 90.9 Å². The highest BCUT2D eigenvalue weighted by Crippen LogP contribution is 2.18. The van der Waals surface area contributed by atoms with Crippen LogP contribution >= 0.6 is 0 Å². The van der Waals surface area contributed by atoms with Gasteiger partial charge in [0.2, 0.25) is 0 Å². The molecular formula is C10H10N3O3-. The predicted molar refractivity (Wildman–Crippen MR) is 62.3 cm³/mol. The van der Waals surface area contributed by atoms with Gasteiger partial charge in [0, 0.05) is 17.8 Å². The predicted octanol–water partition coefficient (Wildman–Crippen LogP) is 2.65. The van der Waals surface area contributed by atoms with Crippen LogP contribution in [0.5, 0.6) is 0 Å². The van der Waals surface area contributed by atoms with Gasteiger partial charge in [0.05, 0.1) is 16.3 Å². The Hall–Kier alpha value is -2.24. The van der Waals surface area contributed by atoms with Gasteiger partial charge in [-0.2, -0.15) is 0 Å². The number of nitro benzene ring substituents is 1. The Morgan fingerprint density at radius 2 is 1.75 bits per heavy atom. The van der Waals surface area contributed by atoms with E-state index in [0.29, 0.717) is 17.1 Å². The van der Waals surface area contributed by atoms with Gasteiger partial charge >= 0.3 is 0 Å². The first-order chi connectivity index (χ1) is 7.54. The van der Waals surface area contributed by atoms with Gasteiger partial charge in [-0.3, -0.25) is 15.1 Å². The van der Waals surface area contributed by atoms with Crippen LogP contribution in [0, 0.1) is 15.3 Å². The van der Waals surface area contributed by atoms with E-state index >= 15 is 0 Å². The van der Waals surface area contributed by atoms with Crippen LogP contribution < -0.4 is 0 Å². The van der Waals surface area contributed by atoms with Gasteiger partial charge in [-0.1, -0.05) is 0 Å². The van der Waals surface area contributed by atoms with Gasteiger partial charge in [0.1, 0.15) is 0 Å². The minimum Gasteiger partial charge on any atom is -0.792 e. The SMILES string of the molecule is CC(=Nc1ccc([N+](=O)[O-])cc1)/C(C)=N\[O-]. The van der Waals surface area contributed by atoms with Crippen molar-refractivity contribution in [3.63, 3.8) is 0 Å². The molecule has 16 heavy (non-hydrogen) atoms. The van der Waals surface area contributed by atoms with Crippen molar-refractivity contribution in [1.82, 2.24) is 0 Å². The molecule has 0 bridgehead atoms. The largest absolute Gasteiger partial charge is 0.792 e. The van der Waals surface area contributed by atoms with E-state index in [1.807, 2.05) is 0 Å². The molecule has 0 atom stereocenters. The summed E-state index contributed by atoms with van der Waals surface area (Å²) in [7, 11) is 0. The van der Waals surface area contributed by atoms with Crippen molar-refractivity contribution < 1.29 is 4.92 Å². The number of nitrogens with zero attached hydrogens (tertiary/aromatic N) is 3. The molecule has 0 saturated carbocycles. The standard InChI is InChI=1S/C10H11N3O3/c1-7(8(2)12-14)11-9-3-5-10(6-4-9)13(15)16/h3-6,14H,1-2H3/p-1/b11-7?,12-8-.